The summed E-state index contributed by atoms with van der Waals surface area (Å²) in [5.74, 6) is -0.220. The van der Waals surface area contributed by atoms with Gasteiger partial charge >= 0.3 is 0 Å². The van der Waals surface area contributed by atoms with E-state index in [4.69, 9.17) is 0 Å². The van der Waals surface area contributed by atoms with Gasteiger partial charge in [0.25, 0.3) is 5.91 Å². The zero-order valence-corrected chi connectivity index (χ0v) is 15.5. The van der Waals surface area contributed by atoms with Crippen molar-refractivity contribution >= 4 is 48.7 Å². The standard InChI is InChI=1S/C15H18Br2N2O2/c1-14(2,15(3,4)21)19-13(20)9-7-18-12-6-11(17)10(16)5-8(9)12/h5-7,18,21H,1-4H3,(H,19,20). The summed E-state index contributed by atoms with van der Waals surface area (Å²) in [5, 5.41) is 13.9. The van der Waals surface area contributed by atoms with Crippen LogP contribution in [0.4, 0.5) is 0 Å². The number of aromatic amines is 1. The molecule has 21 heavy (non-hydrogen) atoms. The highest BCUT2D eigenvalue weighted by Gasteiger charge is 2.36. The van der Waals surface area contributed by atoms with E-state index in [-0.39, 0.29) is 5.91 Å². The second-order valence-electron chi connectivity index (χ2n) is 6.15. The predicted molar refractivity (Wildman–Crippen MR) is 91.5 cm³/mol. The molecule has 1 heterocycles. The van der Waals surface area contributed by atoms with Gasteiger partial charge in [-0.2, -0.15) is 0 Å². The number of H-pyrrole nitrogens is 1. The molecule has 0 fully saturated rings. The number of benzene rings is 1. The van der Waals surface area contributed by atoms with Crippen LogP contribution in [-0.2, 0) is 0 Å². The Balaban J connectivity index is 2.39. The molecule has 0 aliphatic rings. The highest BCUT2D eigenvalue weighted by atomic mass is 79.9. The summed E-state index contributed by atoms with van der Waals surface area (Å²) in [5.41, 5.74) is -0.356. The summed E-state index contributed by atoms with van der Waals surface area (Å²) in [7, 11) is 0. The maximum atomic E-state index is 12.5. The zero-order chi connectivity index (χ0) is 16.0. The summed E-state index contributed by atoms with van der Waals surface area (Å²) in [6.45, 7) is 6.95. The Kier molecular flexibility index (Phi) is 4.26. The van der Waals surface area contributed by atoms with Gasteiger partial charge < -0.3 is 15.4 Å². The number of hydrogen-bond donors (Lipinski definition) is 3. The number of halogens is 2. The Bertz CT molecular complexity index is 699. The molecule has 1 aromatic carbocycles. The van der Waals surface area contributed by atoms with Crippen molar-refractivity contribution in [2.75, 3.05) is 0 Å². The topological polar surface area (TPSA) is 65.1 Å². The van der Waals surface area contributed by atoms with Crippen molar-refractivity contribution in [2.24, 2.45) is 0 Å². The van der Waals surface area contributed by atoms with Crippen LogP contribution in [0, 0.1) is 0 Å². The summed E-state index contributed by atoms with van der Waals surface area (Å²) in [4.78, 5) is 15.6. The van der Waals surface area contributed by atoms with E-state index in [1.165, 1.54) is 0 Å². The van der Waals surface area contributed by atoms with Crippen molar-refractivity contribution in [2.45, 2.75) is 38.8 Å². The number of carbonyl (C=O) groups is 1. The van der Waals surface area contributed by atoms with E-state index in [0.29, 0.717) is 5.56 Å². The van der Waals surface area contributed by atoms with Crippen molar-refractivity contribution in [1.29, 1.82) is 0 Å². The first kappa shape index (κ1) is 16.5. The maximum absolute atomic E-state index is 12.5. The molecule has 3 N–H and O–H groups in total. The van der Waals surface area contributed by atoms with Gasteiger partial charge in [-0.05, 0) is 71.7 Å². The molecule has 0 bridgehead atoms. The van der Waals surface area contributed by atoms with Crippen molar-refractivity contribution in [1.82, 2.24) is 10.3 Å². The average Bonchev–Trinajstić information content (AvgIpc) is 2.70. The van der Waals surface area contributed by atoms with Gasteiger partial charge in [0.1, 0.15) is 0 Å². The molecule has 0 atom stereocenters. The van der Waals surface area contributed by atoms with Gasteiger partial charge in [-0.15, -0.1) is 0 Å². The first-order valence-electron chi connectivity index (χ1n) is 6.54. The van der Waals surface area contributed by atoms with Gasteiger partial charge in [-0.1, -0.05) is 0 Å². The molecule has 4 nitrogen and oxygen atoms in total. The van der Waals surface area contributed by atoms with E-state index in [0.717, 1.165) is 19.8 Å². The number of aliphatic hydroxyl groups is 1. The zero-order valence-electron chi connectivity index (χ0n) is 12.3. The predicted octanol–water partition coefficient (Wildman–Crippen LogP) is 3.97. The third kappa shape index (κ3) is 3.17. The number of carbonyl (C=O) groups excluding carboxylic acids is 1. The van der Waals surface area contributed by atoms with E-state index in [9.17, 15) is 9.90 Å². The molecule has 0 saturated carbocycles. The molecular formula is C15H18Br2N2O2. The van der Waals surface area contributed by atoms with Crippen LogP contribution in [0.2, 0.25) is 0 Å². The number of nitrogens with one attached hydrogen (secondary N) is 2. The lowest BCUT2D eigenvalue weighted by molar-refractivity contribution is -0.00289. The van der Waals surface area contributed by atoms with E-state index in [1.54, 1.807) is 33.9 Å². The quantitative estimate of drug-likeness (QED) is 0.707. The van der Waals surface area contributed by atoms with Crippen LogP contribution in [0.1, 0.15) is 38.1 Å². The molecule has 114 valence electrons. The van der Waals surface area contributed by atoms with Gasteiger partial charge in [0.15, 0.2) is 0 Å². The molecule has 0 saturated heterocycles. The first-order chi connectivity index (χ1) is 9.53. The molecule has 0 aliphatic heterocycles. The van der Waals surface area contributed by atoms with Crippen molar-refractivity contribution in [3.63, 3.8) is 0 Å². The number of rotatable bonds is 3. The Morgan fingerprint density at radius 2 is 1.76 bits per heavy atom. The van der Waals surface area contributed by atoms with Crippen molar-refractivity contribution in [3.8, 4) is 0 Å². The lowest BCUT2D eigenvalue weighted by Gasteiger charge is -2.37. The molecule has 6 heteroatoms. The average molecular weight is 418 g/mol. The molecule has 2 rings (SSSR count). The summed E-state index contributed by atoms with van der Waals surface area (Å²) in [6, 6.07) is 3.80. The maximum Gasteiger partial charge on any atom is 0.253 e. The third-order valence-electron chi connectivity index (χ3n) is 3.92. The van der Waals surface area contributed by atoms with Crippen LogP contribution in [0.5, 0.6) is 0 Å². The SMILES string of the molecule is CC(C)(O)C(C)(C)NC(=O)c1c[nH]c2cc(Br)c(Br)cc12. The Hall–Kier alpha value is -0.850. The van der Waals surface area contributed by atoms with E-state index in [2.05, 4.69) is 42.2 Å². The smallest absolute Gasteiger partial charge is 0.253 e. The Morgan fingerprint density at radius 3 is 2.33 bits per heavy atom. The van der Waals surface area contributed by atoms with E-state index >= 15 is 0 Å². The first-order valence-corrected chi connectivity index (χ1v) is 8.12. The minimum absolute atomic E-state index is 0.220. The molecule has 1 amide bonds. The third-order valence-corrected chi connectivity index (χ3v) is 5.77. The normalized spacial score (nSPS) is 12.7. The van der Waals surface area contributed by atoms with Crippen LogP contribution in [-0.4, -0.2) is 27.1 Å². The lowest BCUT2D eigenvalue weighted by atomic mass is 9.85. The Morgan fingerprint density at radius 1 is 1.19 bits per heavy atom. The lowest BCUT2D eigenvalue weighted by Crippen LogP contribution is -2.57. The van der Waals surface area contributed by atoms with Crippen molar-refractivity contribution in [3.05, 3.63) is 32.8 Å². The summed E-state index contributed by atoms with van der Waals surface area (Å²) >= 11 is 6.88. The summed E-state index contributed by atoms with van der Waals surface area (Å²) in [6.07, 6.45) is 1.68. The van der Waals surface area contributed by atoms with Gasteiger partial charge in [0.2, 0.25) is 0 Å². The van der Waals surface area contributed by atoms with Gasteiger partial charge in [0, 0.05) is 26.0 Å². The second kappa shape index (κ2) is 5.41. The second-order valence-corrected chi connectivity index (χ2v) is 7.86. The minimum atomic E-state index is -1.03. The van der Waals surface area contributed by atoms with Crippen LogP contribution < -0.4 is 5.32 Å². The monoisotopic (exact) mass is 416 g/mol. The van der Waals surface area contributed by atoms with Crippen molar-refractivity contribution < 1.29 is 9.90 Å². The van der Waals surface area contributed by atoms with Crippen LogP contribution in [0.15, 0.2) is 27.3 Å². The molecule has 1 aromatic heterocycles. The Labute approximate surface area is 140 Å². The van der Waals surface area contributed by atoms with Gasteiger partial charge in [0.05, 0.1) is 16.7 Å². The summed E-state index contributed by atoms with van der Waals surface area (Å²) < 4.78 is 1.80. The highest BCUT2D eigenvalue weighted by Crippen LogP contribution is 2.30. The van der Waals surface area contributed by atoms with Crippen LogP contribution in [0.3, 0.4) is 0 Å². The number of hydrogen-bond acceptors (Lipinski definition) is 2. The van der Waals surface area contributed by atoms with Gasteiger partial charge in [-0.25, -0.2) is 0 Å². The molecule has 2 aromatic rings. The molecule has 0 unspecified atom stereocenters. The molecule has 0 aliphatic carbocycles. The molecule has 0 radical (unpaired) electrons. The molecule has 0 spiro atoms. The number of fused-ring (bicyclic) bond motifs is 1. The van der Waals surface area contributed by atoms with E-state index in [1.807, 2.05) is 12.1 Å². The minimum Gasteiger partial charge on any atom is -0.388 e. The number of amides is 1. The largest absolute Gasteiger partial charge is 0.388 e. The fourth-order valence-corrected chi connectivity index (χ4v) is 2.50. The number of aromatic nitrogens is 1. The van der Waals surface area contributed by atoms with Crippen LogP contribution >= 0.6 is 31.9 Å². The van der Waals surface area contributed by atoms with Crippen LogP contribution in [0.25, 0.3) is 10.9 Å². The highest BCUT2D eigenvalue weighted by molar-refractivity contribution is 9.13. The fourth-order valence-electron chi connectivity index (χ4n) is 1.81. The molecular weight excluding hydrogens is 400 g/mol. The van der Waals surface area contributed by atoms with E-state index < -0.39 is 11.1 Å². The fraction of sp³-hybridized carbons (Fsp3) is 0.400. The van der Waals surface area contributed by atoms with Gasteiger partial charge in [-0.3, -0.25) is 4.79 Å².